The van der Waals surface area contributed by atoms with Crippen LogP contribution in [0.2, 0.25) is 0 Å². The van der Waals surface area contributed by atoms with Gasteiger partial charge in [0.1, 0.15) is 14.1 Å². The minimum absolute atomic E-state index is 0. The molecule has 0 heterocycles. The first kappa shape index (κ1) is 12.1. The fraction of sp³-hybridized carbons (Fsp3) is 0.750. The molecular formula is C4H10INO2S. The molecule has 0 saturated carbocycles. The molecule has 0 aromatic rings. The maximum Gasteiger partial charge on any atom is 0.255 e. The van der Waals surface area contributed by atoms with E-state index in [2.05, 4.69) is 0 Å². The minimum atomic E-state index is -2.92. The number of hydrogen-bond acceptors (Lipinski definition) is 2. The van der Waals surface area contributed by atoms with Gasteiger partial charge in [0, 0.05) is 6.26 Å². The van der Waals surface area contributed by atoms with Gasteiger partial charge in [-0.05, 0) is 0 Å². The van der Waals surface area contributed by atoms with Gasteiger partial charge in [-0.3, -0.25) is 0 Å². The van der Waals surface area contributed by atoms with Crippen molar-refractivity contribution < 1.29 is 37.0 Å². The predicted molar refractivity (Wildman–Crippen MR) is 33.0 cm³/mol. The zero-order chi connectivity index (χ0) is 6.78. The second kappa shape index (κ2) is 4.21. The molecule has 0 aromatic carbocycles. The van der Waals surface area contributed by atoms with Crippen LogP contribution in [0.25, 0.3) is 0 Å². The molecule has 0 spiro atoms. The van der Waals surface area contributed by atoms with Gasteiger partial charge < -0.3 is 24.0 Å². The maximum atomic E-state index is 10.3. The molecule has 56 valence electrons. The first-order valence-electron chi connectivity index (χ1n) is 2.13. The van der Waals surface area contributed by atoms with Gasteiger partial charge >= 0.3 is 0 Å². The quantitative estimate of drug-likeness (QED) is 0.212. The van der Waals surface area contributed by atoms with E-state index < -0.39 is 9.84 Å². The highest BCUT2D eigenvalue weighted by Crippen LogP contribution is 1.70. The molecule has 9 heavy (non-hydrogen) atoms. The number of sulfone groups is 1. The van der Waals surface area contributed by atoms with E-state index in [0.717, 1.165) is 11.8 Å². The van der Waals surface area contributed by atoms with Crippen LogP contribution in [0, 0.1) is 0 Å². The Labute approximate surface area is 72.7 Å². The Balaban J connectivity index is 0. The number of halogens is 1. The van der Waals surface area contributed by atoms with E-state index in [-0.39, 0.29) is 24.0 Å². The van der Waals surface area contributed by atoms with Crippen molar-refractivity contribution in [1.82, 2.24) is 0 Å². The van der Waals surface area contributed by atoms with Crippen LogP contribution in [0.5, 0.6) is 0 Å². The molecule has 0 aromatic heterocycles. The molecule has 0 amide bonds. The number of hydrogen-bond donors (Lipinski definition) is 0. The molecule has 0 aliphatic heterocycles. The fourth-order valence-corrected chi connectivity index (χ4v) is 1.15. The summed E-state index contributed by atoms with van der Waals surface area (Å²) < 4.78 is 22.2. The van der Waals surface area contributed by atoms with Crippen molar-refractivity contribution in [3.63, 3.8) is 0 Å². The third-order valence-corrected chi connectivity index (χ3v) is 1.21. The summed E-state index contributed by atoms with van der Waals surface area (Å²) in [7, 11) is 0.413. The van der Waals surface area contributed by atoms with Crippen molar-refractivity contribution >= 4 is 15.4 Å². The Kier molecular flexibility index (Phi) is 5.65. The zero-order valence-electron chi connectivity index (χ0n) is 5.63. The highest BCUT2D eigenvalue weighted by Gasteiger charge is 1.98. The Morgan fingerprint density at radius 3 is 1.67 bits per heavy atom. The van der Waals surface area contributed by atoms with Gasteiger partial charge in [0.25, 0.3) is 5.55 Å². The highest BCUT2D eigenvalue weighted by atomic mass is 127. The summed E-state index contributed by atoms with van der Waals surface area (Å²) in [5, 5.41) is 0. The van der Waals surface area contributed by atoms with Gasteiger partial charge in [-0.1, -0.05) is 0 Å². The SMILES string of the molecule is C[N+](C)=CS(C)(=O)=O.[I-]. The second-order valence-electron chi connectivity index (χ2n) is 1.90. The summed E-state index contributed by atoms with van der Waals surface area (Å²) in [5.74, 6) is 0. The summed E-state index contributed by atoms with van der Waals surface area (Å²) in [5.41, 5.74) is 1.16. The lowest BCUT2D eigenvalue weighted by molar-refractivity contribution is -0.456. The van der Waals surface area contributed by atoms with Gasteiger partial charge in [0.15, 0.2) is 0 Å². The maximum absolute atomic E-state index is 10.3. The van der Waals surface area contributed by atoms with Crippen LogP contribution in [0.15, 0.2) is 0 Å². The summed E-state index contributed by atoms with van der Waals surface area (Å²) in [6, 6.07) is 0. The van der Waals surface area contributed by atoms with Gasteiger partial charge in [-0.15, -0.1) is 0 Å². The van der Waals surface area contributed by atoms with Crippen LogP contribution >= 0.6 is 0 Å². The lowest BCUT2D eigenvalue weighted by atomic mass is 11.1. The Bertz CT molecular complexity index is 191. The Morgan fingerprint density at radius 1 is 1.33 bits per heavy atom. The number of nitrogens with zero attached hydrogens (tertiary/aromatic N) is 1. The normalized spacial score (nSPS) is 9.67. The lowest BCUT2D eigenvalue weighted by Crippen LogP contribution is -3.00. The van der Waals surface area contributed by atoms with Gasteiger partial charge in [0.2, 0.25) is 9.84 Å². The molecule has 0 atom stereocenters. The molecule has 0 aliphatic rings. The summed E-state index contributed by atoms with van der Waals surface area (Å²) in [6.07, 6.45) is 1.16. The van der Waals surface area contributed by atoms with Crippen LogP contribution in [-0.2, 0) is 9.84 Å². The van der Waals surface area contributed by atoms with Crippen LogP contribution in [0.4, 0.5) is 0 Å². The van der Waals surface area contributed by atoms with Crippen LogP contribution in [0.1, 0.15) is 0 Å². The minimum Gasteiger partial charge on any atom is -1.00 e. The van der Waals surface area contributed by atoms with E-state index in [1.165, 1.54) is 4.58 Å². The third kappa shape index (κ3) is 11.8. The third-order valence-electron chi connectivity index (χ3n) is 0.402. The first-order chi connectivity index (χ1) is 3.42. The Morgan fingerprint density at radius 2 is 1.67 bits per heavy atom. The summed E-state index contributed by atoms with van der Waals surface area (Å²) in [6.45, 7) is 0. The van der Waals surface area contributed by atoms with Crippen molar-refractivity contribution in [3.05, 3.63) is 0 Å². The lowest BCUT2D eigenvalue weighted by Gasteiger charge is -1.81. The topological polar surface area (TPSA) is 37.1 Å². The molecule has 0 radical (unpaired) electrons. The molecule has 5 heteroatoms. The summed E-state index contributed by atoms with van der Waals surface area (Å²) >= 11 is 0. The summed E-state index contributed by atoms with van der Waals surface area (Å²) in [4.78, 5) is 0. The van der Waals surface area contributed by atoms with Gasteiger partial charge in [-0.2, -0.15) is 0 Å². The second-order valence-corrected chi connectivity index (χ2v) is 3.77. The smallest absolute Gasteiger partial charge is 0.255 e. The van der Waals surface area contributed by atoms with Crippen LogP contribution < -0.4 is 24.0 Å². The van der Waals surface area contributed by atoms with E-state index in [0.29, 0.717) is 0 Å². The monoisotopic (exact) mass is 263 g/mol. The van der Waals surface area contributed by atoms with Crippen molar-refractivity contribution in [3.8, 4) is 0 Å². The average Bonchev–Trinajstić information content (AvgIpc) is 1.21. The molecule has 0 aliphatic carbocycles. The standard InChI is InChI=1S/C4H10NO2S.HI/c1-5(2)4-8(3,6)7;/h4H,1-3H3;1H/q+1;/p-1. The van der Waals surface area contributed by atoms with E-state index in [1.54, 1.807) is 14.1 Å². The van der Waals surface area contributed by atoms with E-state index in [1.807, 2.05) is 0 Å². The molecule has 0 N–H and O–H groups in total. The van der Waals surface area contributed by atoms with Crippen molar-refractivity contribution in [2.75, 3.05) is 20.4 Å². The number of rotatable bonds is 1. The highest BCUT2D eigenvalue weighted by molar-refractivity contribution is 8.03. The van der Waals surface area contributed by atoms with Gasteiger partial charge in [-0.25, -0.2) is 13.0 Å². The molecule has 0 unspecified atom stereocenters. The van der Waals surface area contributed by atoms with Crippen LogP contribution in [-0.4, -0.2) is 38.9 Å². The predicted octanol–water partition coefficient (Wildman–Crippen LogP) is -3.66. The fourth-order valence-electron chi connectivity index (χ4n) is 0.383. The van der Waals surface area contributed by atoms with E-state index >= 15 is 0 Å². The molecular weight excluding hydrogens is 253 g/mol. The van der Waals surface area contributed by atoms with Crippen molar-refractivity contribution in [1.29, 1.82) is 0 Å². The van der Waals surface area contributed by atoms with E-state index in [4.69, 9.17) is 0 Å². The molecule has 0 rings (SSSR count). The zero-order valence-corrected chi connectivity index (χ0v) is 8.60. The molecule has 0 bridgehead atoms. The van der Waals surface area contributed by atoms with E-state index in [9.17, 15) is 8.42 Å². The van der Waals surface area contributed by atoms with Crippen LogP contribution in [0.3, 0.4) is 0 Å². The molecule has 0 fully saturated rings. The van der Waals surface area contributed by atoms with Crippen molar-refractivity contribution in [2.24, 2.45) is 0 Å². The van der Waals surface area contributed by atoms with Gasteiger partial charge in [0.05, 0.1) is 0 Å². The van der Waals surface area contributed by atoms with Crippen molar-refractivity contribution in [2.45, 2.75) is 0 Å². The Hall–Kier alpha value is 0.350. The molecule has 0 saturated heterocycles. The average molecular weight is 263 g/mol. The first-order valence-corrected chi connectivity index (χ1v) is 4.08. The molecule has 3 nitrogen and oxygen atoms in total. The largest absolute Gasteiger partial charge is 1.00 e.